The van der Waals surface area contributed by atoms with Crippen LogP contribution in [0, 0.1) is 5.82 Å². The summed E-state index contributed by atoms with van der Waals surface area (Å²) in [5.74, 6) is 0.0883. The first kappa shape index (κ1) is 19.5. The molecule has 0 saturated carbocycles. The van der Waals surface area contributed by atoms with Crippen molar-refractivity contribution >= 4 is 16.9 Å². The molecule has 3 heterocycles. The lowest BCUT2D eigenvalue weighted by atomic mass is 9.93. The minimum absolute atomic E-state index is 0.0432. The van der Waals surface area contributed by atoms with Crippen LogP contribution in [0.5, 0.6) is 0 Å². The fourth-order valence-electron chi connectivity index (χ4n) is 4.10. The topological polar surface area (TPSA) is 63.1 Å². The minimum Gasteiger partial charge on any atom is -0.354 e. The van der Waals surface area contributed by atoms with Gasteiger partial charge >= 0.3 is 0 Å². The van der Waals surface area contributed by atoms with E-state index in [2.05, 4.69) is 21.3 Å². The number of carbonyl (C=O) groups excluding carboxylic acids is 1. The molecule has 1 atom stereocenters. The normalized spacial score (nSPS) is 17.5. The maximum Gasteiger partial charge on any atom is 0.216 e. The highest BCUT2D eigenvalue weighted by Gasteiger charge is 2.26. The molecule has 1 aliphatic rings. The Morgan fingerprint density at radius 2 is 2.10 bits per heavy atom. The zero-order chi connectivity index (χ0) is 20.2. The van der Waals surface area contributed by atoms with E-state index in [1.54, 1.807) is 6.20 Å². The quantitative estimate of drug-likeness (QED) is 0.697. The van der Waals surface area contributed by atoms with Crippen LogP contribution >= 0.6 is 0 Å². The van der Waals surface area contributed by atoms with E-state index in [0.29, 0.717) is 19.0 Å². The molecule has 1 aromatic carbocycles. The lowest BCUT2D eigenvalue weighted by Crippen LogP contribution is -2.34. The van der Waals surface area contributed by atoms with E-state index in [4.69, 9.17) is 5.10 Å². The van der Waals surface area contributed by atoms with Crippen LogP contribution < -0.4 is 5.32 Å². The van der Waals surface area contributed by atoms with E-state index in [-0.39, 0.29) is 11.7 Å². The van der Waals surface area contributed by atoms with Gasteiger partial charge in [-0.1, -0.05) is 12.1 Å². The Kier molecular flexibility index (Phi) is 5.85. The Morgan fingerprint density at radius 3 is 2.90 bits per heavy atom. The zero-order valence-electron chi connectivity index (χ0n) is 16.6. The van der Waals surface area contributed by atoms with Gasteiger partial charge in [0.1, 0.15) is 5.82 Å². The number of amides is 1. The van der Waals surface area contributed by atoms with E-state index in [9.17, 15) is 9.18 Å². The first-order valence-electron chi connectivity index (χ1n) is 10.1. The molecule has 0 aliphatic carbocycles. The average molecular weight is 395 g/mol. The first-order valence-corrected chi connectivity index (χ1v) is 10.1. The third-order valence-corrected chi connectivity index (χ3v) is 5.44. The maximum atomic E-state index is 13.2. The summed E-state index contributed by atoms with van der Waals surface area (Å²) < 4.78 is 15.1. The molecule has 6 nitrogen and oxygen atoms in total. The molecule has 0 unspecified atom stereocenters. The monoisotopic (exact) mass is 395 g/mol. The Balaban J connectivity index is 1.52. The summed E-state index contributed by atoms with van der Waals surface area (Å²) in [5.41, 5.74) is 3.07. The number of benzene rings is 1. The molecule has 3 aromatic rings. The van der Waals surface area contributed by atoms with Gasteiger partial charge in [0.15, 0.2) is 5.65 Å². The van der Waals surface area contributed by atoms with Crippen molar-refractivity contribution < 1.29 is 9.18 Å². The van der Waals surface area contributed by atoms with Crippen molar-refractivity contribution in [1.82, 2.24) is 25.0 Å². The Morgan fingerprint density at radius 1 is 1.28 bits per heavy atom. The maximum absolute atomic E-state index is 13.2. The van der Waals surface area contributed by atoms with E-state index in [0.717, 1.165) is 54.8 Å². The second-order valence-corrected chi connectivity index (χ2v) is 7.67. The third-order valence-electron chi connectivity index (χ3n) is 5.44. The molecule has 0 spiro atoms. The van der Waals surface area contributed by atoms with Crippen LogP contribution in [0.3, 0.4) is 0 Å². The highest BCUT2D eigenvalue weighted by atomic mass is 19.1. The molecule has 1 aliphatic heterocycles. The third kappa shape index (κ3) is 4.62. The fourth-order valence-corrected chi connectivity index (χ4v) is 4.10. The molecule has 0 bridgehead atoms. The number of fused-ring (bicyclic) bond motifs is 1. The van der Waals surface area contributed by atoms with Gasteiger partial charge in [0, 0.05) is 44.1 Å². The Labute approximate surface area is 169 Å². The largest absolute Gasteiger partial charge is 0.354 e. The van der Waals surface area contributed by atoms with Crippen molar-refractivity contribution in [2.45, 2.75) is 38.8 Å². The molecule has 2 aromatic heterocycles. The van der Waals surface area contributed by atoms with Gasteiger partial charge in [-0.15, -0.1) is 0 Å². The summed E-state index contributed by atoms with van der Waals surface area (Å²) in [6.07, 6.45) is 3.98. The highest BCUT2D eigenvalue weighted by molar-refractivity contribution is 5.79. The number of hydrogen-bond donors (Lipinski definition) is 1. The van der Waals surface area contributed by atoms with Crippen LogP contribution in [0.2, 0.25) is 0 Å². The number of piperidine rings is 1. The van der Waals surface area contributed by atoms with Gasteiger partial charge in [-0.25, -0.2) is 14.1 Å². The number of pyridine rings is 1. The Hall–Kier alpha value is -2.80. The first-order chi connectivity index (χ1) is 14.1. The van der Waals surface area contributed by atoms with Crippen LogP contribution in [-0.4, -0.2) is 45.2 Å². The second-order valence-electron chi connectivity index (χ2n) is 7.67. The van der Waals surface area contributed by atoms with Gasteiger partial charge in [-0.3, -0.25) is 9.69 Å². The van der Waals surface area contributed by atoms with E-state index >= 15 is 0 Å². The summed E-state index contributed by atoms with van der Waals surface area (Å²) in [5, 5.41) is 8.80. The summed E-state index contributed by atoms with van der Waals surface area (Å²) in [6, 6.07) is 10.8. The van der Waals surface area contributed by atoms with Gasteiger partial charge in [0.25, 0.3) is 0 Å². The summed E-state index contributed by atoms with van der Waals surface area (Å²) >= 11 is 0. The van der Waals surface area contributed by atoms with Crippen LogP contribution in [0.1, 0.15) is 36.9 Å². The van der Waals surface area contributed by atoms with Gasteiger partial charge < -0.3 is 5.32 Å². The number of nitrogens with one attached hydrogen (secondary N) is 1. The molecule has 1 N–H and O–H groups in total. The molecule has 1 amide bonds. The lowest BCUT2D eigenvalue weighted by molar-refractivity contribution is -0.118. The molecule has 152 valence electrons. The fraction of sp³-hybridized carbons (Fsp3) is 0.409. The highest BCUT2D eigenvalue weighted by Crippen LogP contribution is 2.31. The molecule has 7 heteroatoms. The van der Waals surface area contributed by atoms with Crippen molar-refractivity contribution in [1.29, 1.82) is 0 Å². The molecule has 1 fully saturated rings. The van der Waals surface area contributed by atoms with Gasteiger partial charge in [0.05, 0.1) is 12.2 Å². The Bertz CT molecular complexity index is 985. The second kappa shape index (κ2) is 8.69. The molecule has 4 rings (SSSR count). The van der Waals surface area contributed by atoms with Gasteiger partial charge in [-0.2, -0.15) is 5.10 Å². The predicted molar refractivity (Wildman–Crippen MR) is 110 cm³/mol. The SMILES string of the molecule is CC(=O)NCCn1nc([C@H]2CCCN(Cc3ccc(F)cc3)C2)c2cccnc21. The lowest BCUT2D eigenvalue weighted by Gasteiger charge is -2.32. The minimum atomic E-state index is -0.200. The smallest absolute Gasteiger partial charge is 0.216 e. The number of aromatic nitrogens is 3. The van der Waals surface area contributed by atoms with Crippen molar-refractivity contribution in [2.24, 2.45) is 0 Å². The molecule has 0 radical (unpaired) electrons. The van der Waals surface area contributed by atoms with Crippen molar-refractivity contribution in [3.05, 3.63) is 59.7 Å². The molecule has 1 saturated heterocycles. The van der Waals surface area contributed by atoms with Gasteiger partial charge in [-0.05, 0) is 49.2 Å². The number of nitrogens with zero attached hydrogens (tertiary/aromatic N) is 4. The van der Waals surface area contributed by atoms with Crippen LogP contribution in [0.4, 0.5) is 4.39 Å². The van der Waals surface area contributed by atoms with Crippen molar-refractivity contribution in [2.75, 3.05) is 19.6 Å². The number of rotatable bonds is 6. The van der Waals surface area contributed by atoms with Crippen LogP contribution in [-0.2, 0) is 17.9 Å². The van der Waals surface area contributed by atoms with Crippen LogP contribution in [0.25, 0.3) is 11.0 Å². The number of halogens is 1. The van der Waals surface area contributed by atoms with Gasteiger partial charge in [0.2, 0.25) is 5.91 Å². The van der Waals surface area contributed by atoms with E-state index in [1.165, 1.54) is 19.1 Å². The average Bonchev–Trinajstić information content (AvgIpc) is 3.09. The zero-order valence-corrected chi connectivity index (χ0v) is 16.6. The molecule has 29 heavy (non-hydrogen) atoms. The van der Waals surface area contributed by atoms with E-state index in [1.807, 2.05) is 22.9 Å². The van der Waals surface area contributed by atoms with E-state index < -0.39 is 0 Å². The number of likely N-dealkylation sites (tertiary alicyclic amines) is 1. The molecular weight excluding hydrogens is 369 g/mol. The number of hydrogen-bond acceptors (Lipinski definition) is 4. The standard InChI is InChI=1S/C22H26FN5O/c1-16(29)24-11-13-28-22-20(5-2-10-25-22)21(26-28)18-4-3-12-27(15-18)14-17-6-8-19(23)9-7-17/h2,5-10,18H,3-4,11-15H2,1H3,(H,24,29)/t18-/m0/s1. The molecular formula is C22H26FN5O. The summed E-state index contributed by atoms with van der Waals surface area (Å²) in [4.78, 5) is 18.1. The summed E-state index contributed by atoms with van der Waals surface area (Å²) in [6.45, 7) is 5.42. The number of carbonyl (C=O) groups is 1. The van der Waals surface area contributed by atoms with Crippen molar-refractivity contribution in [3.8, 4) is 0 Å². The van der Waals surface area contributed by atoms with Crippen LogP contribution in [0.15, 0.2) is 42.6 Å². The summed E-state index contributed by atoms with van der Waals surface area (Å²) in [7, 11) is 0. The predicted octanol–water partition coefficient (Wildman–Crippen LogP) is 3.09. The van der Waals surface area contributed by atoms with Crippen molar-refractivity contribution in [3.63, 3.8) is 0 Å².